The smallest absolute Gasteiger partial charge is 0.0115 e. The molecule has 1 aromatic rings. The summed E-state index contributed by atoms with van der Waals surface area (Å²) in [6.45, 7) is 2.03. The molecule has 1 heterocycles. The molecule has 1 nitrogen and oxygen atoms in total. The summed E-state index contributed by atoms with van der Waals surface area (Å²) in [6.07, 6.45) is 1.91. The largest absolute Gasteiger partial charge is 0.365 e. The maximum atomic E-state index is 3.00. The van der Waals surface area contributed by atoms with Gasteiger partial charge in [-0.25, -0.2) is 0 Å². The molecule has 0 radical (unpaired) electrons. The fraction of sp³-hybridized carbons (Fsp3) is 0.200. The van der Waals surface area contributed by atoms with Crippen molar-refractivity contribution in [1.29, 1.82) is 0 Å². The fourth-order valence-corrected chi connectivity index (χ4v) is 0.420. The molecular formula is C5H9NS. The molecule has 0 atom stereocenters. The molecule has 0 bridgehead atoms. The summed E-state index contributed by atoms with van der Waals surface area (Å²) in [4.78, 5) is 3.00. The van der Waals surface area contributed by atoms with Crippen LogP contribution < -0.4 is 0 Å². The molecule has 40 valence electrons. The maximum Gasteiger partial charge on any atom is 0.0115 e. The number of aryl methyl sites for hydroxylation is 1. The van der Waals surface area contributed by atoms with E-state index in [1.54, 1.807) is 0 Å². The van der Waals surface area contributed by atoms with Crippen molar-refractivity contribution in [3.05, 3.63) is 24.0 Å². The van der Waals surface area contributed by atoms with Gasteiger partial charge in [-0.15, -0.1) is 0 Å². The SMILES string of the molecule is Cc1ccc[nH]1.S. The third-order valence-corrected chi connectivity index (χ3v) is 0.753. The Hall–Kier alpha value is -0.370. The van der Waals surface area contributed by atoms with Gasteiger partial charge in [-0.1, -0.05) is 0 Å². The molecule has 0 spiro atoms. The molecule has 2 heteroatoms. The third kappa shape index (κ3) is 1.69. The van der Waals surface area contributed by atoms with Gasteiger partial charge in [-0.3, -0.25) is 0 Å². The van der Waals surface area contributed by atoms with Gasteiger partial charge in [0.2, 0.25) is 0 Å². The molecule has 1 rings (SSSR count). The van der Waals surface area contributed by atoms with Crippen LogP contribution in [0.5, 0.6) is 0 Å². The topological polar surface area (TPSA) is 15.8 Å². The van der Waals surface area contributed by atoms with E-state index < -0.39 is 0 Å². The molecular weight excluding hydrogens is 106 g/mol. The molecule has 0 saturated carbocycles. The van der Waals surface area contributed by atoms with Crippen LogP contribution in [0, 0.1) is 6.92 Å². The van der Waals surface area contributed by atoms with E-state index in [4.69, 9.17) is 0 Å². The lowest BCUT2D eigenvalue weighted by molar-refractivity contribution is 1.27. The first kappa shape index (κ1) is 6.63. The quantitative estimate of drug-likeness (QED) is 0.526. The Kier molecular flexibility index (Phi) is 2.60. The Labute approximate surface area is 50.2 Å². The van der Waals surface area contributed by atoms with Gasteiger partial charge in [0, 0.05) is 11.9 Å². The van der Waals surface area contributed by atoms with Gasteiger partial charge in [0.05, 0.1) is 0 Å². The van der Waals surface area contributed by atoms with Crippen molar-refractivity contribution in [1.82, 2.24) is 4.98 Å². The zero-order chi connectivity index (χ0) is 4.41. The number of hydrogen-bond acceptors (Lipinski definition) is 0. The predicted octanol–water partition coefficient (Wildman–Crippen LogP) is 1.44. The van der Waals surface area contributed by atoms with Crippen LogP contribution in [0.15, 0.2) is 18.3 Å². The molecule has 0 aromatic carbocycles. The van der Waals surface area contributed by atoms with Crippen LogP contribution in [0.3, 0.4) is 0 Å². The van der Waals surface area contributed by atoms with Crippen molar-refractivity contribution in [3.63, 3.8) is 0 Å². The lowest BCUT2D eigenvalue weighted by Crippen LogP contribution is -1.59. The average molecular weight is 115 g/mol. The summed E-state index contributed by atoms with van der Waals surface area (Å²) < 4.78 is 0. The summed E-state index contributed by atoms with van der Waals surface area (Å²) in [5, 5.41) is 0. The van der Waals surface area contributed by atoms with Gasteiger partial charge in [0.15, 0.2) is 0 Å². The summed E-state index contributed by atoms with van der Waals surface area (Å²) in [5.41, 5.74) is 1.22. The van der Waals surface area contributed by atoms with Crippen LogP contribution in [0.25, 0.3) is 0 Å². The first-order valence-electron chi connectivity index (χ1n) is 1.99. The van der Waals surface area contributed by atoms with E-state index in [2.05, 4.69) is 4.98 Å². The second-order valence-corrected chi connectivity index (χ2v) is 1.35. The summed E-state index contributed by atoms with van der Waals surface area (Å²) >= 11 is 0. The zero-order valence-corrected chi connectivity index (χ0v) is 5.23. The highest BCUT2D eigenvalue weighted by atomic mass is 32.1. The zero-order valence-electron chi connectivity index (χ0n) is 4.23. The number of aromatic amines is 1. The van der Waals surface area contributed by atoms with Gasteiger partial charge < -0.3 is 4.98 Å². The highest BCUT2D eigenvalue weighted by Gasteiger charge is 1.72. The van der Waals surface area contributed by atoms with E-state index in [0.29, 0.717) is 0 Å². The van der Waals surface area contributed by atoms with Gasteiger partial charge in [0.1, 0.15) is 0 Å². The maximum absolute atomic E-state index is 3.00. The first-order chi connectivity index (χ1) is 2.89. The van der Waals surface area contributed by atoms with Crippen LogP contribution in [0.4, 0.5) is 0 Å². The van der Waals surface area contributed by atoms with Crippen LogP contribution in [0.2, 0.25) is 0 Å². The number of H-pyrrole nitrogens is 1. The number of nitrogens with one attached hydrogen (secondary N) is 1. The third-order valence-electron chi connectivity index (χ3n) is 0.753. The van der Waals surface area contributed by atoms with Crippen LogP contribution in [-0.4, -0.2) is 4.98 Å². The van der Waals surface area contributed by atoms with Crippen LogP contribution in [-0.2, 0) is 0 Å². The van der Waals surface area contributed by atoms with Crippen LogP contribution in [0.1, 0.15) is 5.69 Å². The predicted molar refractivity (Wildman–Crippen MR) is 35.9 cm³/mol. The highest BCUT2D eigenvalue weighted by Crippen LogP contribution is 1.86. The van der Waals surface area contributed by atoms with Crippen molar-refractivity contribution in [2.24, 2.45) is 0 Å². The first-order valence-corrected chi connectivity index (χ1v) is 1.99. The molecule has 1 aromatic heterocycles. The van der Waals surface area contributed by atoms with E-state index in [1.165, 1.54) is 5.69 Å². The molecule has 7 heavy (non-hydrogen) atoms. The molecule has 0 saturated heterocycles. The number of aromatic nitrogens is 1. The van der Waals surface area contributed by atoms with E-state index in [1.807, 2.05) is 25.3 Å². The molecule has 0 aliphatic rings. The van der Waals surface area contributed by atoms with E-state index in [0.717, 1.165) is 0 Å². The highest BCUT2D eigenvalue weighted by molar-refractivity contribution is 7.59. The summed E-state index contributed by atoms with van der Waals surface area (Å²) in [6, 6.07) is 4.01. The van der Waals surface area contributed by atoms with E-state index >= 15 is 0 Å². The number of rotatable bonds is 0. The molecule has 0 unspecified atom stereocenters. The average Bonchev–Trinajstić information content (AvgIpc) is 1.86. The lowest BCUT2D eigenvalue weighted by atomic mass is 10.5. The van der Waals surface area contributed by atoms with Gasteiger partial charge in [0.25, 0.3) is 0 Å². The Morgan fingerprint density at radius 1 is 1.57 bits per heavy atom. The summed E-state index contributed by atoms with van der Waals surface area (Å²) in [5.74, 6) is 0. The summed E-state index contributed by atoms with van der Waals surface area (Å²) in [7, 11) is 0. The number of hydrogen-bond donors (Lipinski definition) is 1. The van der Waals surface area contributed by atoms with Crippen molar-refractivity contribution in [2.45, 2.75) is 6.92 Å². The lowest BCUT2D eigenvalue weighted by Gasteiger charge is -1.70. The second kappa shape index (κ2) is 2.75. The van der Waals surface area contributed by atoms with Crippen molar-refractivity contribution in [2.75, 3.05) is 0 Å². The Balaban J connectivity index is 0.000000360. The Bertz CT molecular complexity index is 112. The normalized spacial score (nSPS) is 7.57. The van der Waals surface area contributed by atoms with Gasteiger partial charge in [-0.2, -0.15) is 13.5 Å². The monoisotopic (exact) mass is 115 g/mol. The minimum absolute atomic E-state index is 0. The standard InChI is InChI=1S/C5H7N.H2S/c1-5-3-2-4-6-5;/h2-4,6H,1H3;1H2. The molecule has 0 aliphatic heterocycles. The van der Waals surface area contributed by atoms with Gasteiger partial charge in [-0.05, 0) is 19.1 Å². The second-order valence-electron chi connectivity index (χ2n) is 1.35. The fourth-order valence-electron chi connectivity index (χ4n) is 0.420. The molecule has 0 fully saturated rings. The minimum atomic E-state index is 0. The van der Waals surface area contributed by atoms with Gasteiger partial charge >= 0.3 is 0 Å². The van der Waals surface area contributed by atoms with E-state index in [-0.39, 0.29) is 13.5 Å². The van der Waals surface area contributed by atoms with Crippen molar-refractivity contribution >= 4 is 13.5 Å². The minimum Gasteiger partial charge on any atom is -0.365 e. The molecule has 0 aliphatic carbocycles. The Morgan fingerprint density at radius 3 is 2.43 bits per heavy atom. The molecule has 0 amide bonds. The van der Waals surface area contributed by atoms with E-state index in [9.17, 15) is 0 Å². The van der Waals surface area contributed by atoms with Crippen LogP contribution >= 0.6 is 13.5 Å². The van der Waals surface area contributed by atoms with Crippen molar-refractivity contribution in [3.8, 4) is 0 Å². The van der Waals surface area contributed by atoms with Crippen molar-refractivity contribution < 1.29 is 0 Å². The molecule has 1 N–H and O–H groups in total. The Morgan fingerprint density at radius 2 is 2.29 bits per heavy atom.